The first-order chi connectivity index (χ1) is 16.3. The van der Waals surface area contributed by atoms with Gasteiger partial charge in [0.2, 0.25) is 0 Å². The molecule has 0 saturated heterocycles. The van der Waals surface area contributed by atoms with E-state index in [2.05, 4.69) is 27.7 Å². The summed E-state index contributed by atoms with van der Waals surface area (Å²) in [5.41, 5.74) is 0. The summed E-state index contributed by atoms with van der Waals surface area (Å²) in [5.74, 6) is 5.56. The third-order valence-electron chi connectivity index (χ3n) is 10.6. The van der Waals surface area contributed by atoms with E-state index in [-0.39, 0.29) is 12.2 Å². The normalized spacial score (nSPS) is 32.9. The third kappa shape index (κ3) is 9.10. The molecule has 3 fully saturated rings. The summed E-state index contributed by atoms with van der Waals surface area (Å²) >= 11 is 0. The van der Waals surface area contributed by atoms with Crippen molar-refractivity contribution in [1.29, 1.82) is 0 Å². The fourth-order valence-corrected chi connectivity index (χ4v) is 7.83. The van der Waals surface area contributed by atoms with Crippen molar-refractivity contribution in [2.24, 2.45) is 47.3 Å². The van der Waals surface area contributed by atoms with Crippen molar-refractivity contribution in [3.05, 3.63) is 0 Å². The van der Waals surface area contributed by atoms with E-state index in [0.717, 1.165) is 24.2 Å². The van der Waals surface area contributed by atoms with Gasteiger partial charge in [0.1, 0.15) is 0 Å². The van der Waals surface area contributed by atoms with Gasteiger partial charge in [-0.25, -0.2) is 0 Å². The molecule has 34 heavy (non-hydrogen) atoms. The molecule has 0 radical (unpaired) electrons. The van der Waals surface area contributed by atoms with Crippen LogP contribution in [0.15, 0.2) is 0 Å². The van der Waals surface area contributed by atoms with E-state index in [0.29, 0.717) is 29.6 Å². The van der Waals surface area contributed by atoms with E-state index in [1.807, 2.05) is 0 Å². The van der Waals surface area contributed by atoms with Crippen molar-refractivity contribution in [2.45, 2.75) is 155 Å². The Kier molecular flexibility index (Phi) is 12.2. The Bertz CT molecular complexity index is 531. The highest BCUT2D eigenvalue weighted by Gasteiger charge is 2.33. The van der Waals surface area contributed by atoms with Gasteiger partial charge in [-0.15, -0.1) is 0 Å². The third-order valence-corrected chi connectivity index (χ3v) is 10.6. The predicted molar refractivity (Wildman–Crippen MR) is 146 cm³/mol. The standard InChI is InChI=1S/C32H60O2/c1-23(2)29(22-31(33)27-18-14-25(4)15-19-27)20-16-24(3)13-17-26-9-8-12-30(21-26)32(34)28-10-6-5-7-11-28/h23-34H,5-22H2,1-4H3/t24-,25?,26?,27?,29?,30-,31?,32?/m1/s1. The maximum Gasteiger partial charge on any atom is 0.0596 e. The molecular weight excluding hydrogens is 416 g/mol. The summed E-state index contributed by atoms with van der Waals surface area (Å²) < 4.78 is 0. The van der Waals surface area contributed by atoms with Crippen LogP contribution in [0.1, 0.15) is 143 Å². The molecule has 0 aromatic carbocycles. The highest BCUT2D eigenvalue weighted by atomic mass is 16.3. The molecule has 0 aromatic heterocycles. The molecule has 0 aromatic rings. The van der Waals surface area contributed by atoms with Crippen molar-refractivity contribution in [2.75, 3.05) is 0 Å². The number of hydrogen-bond donors (Lipinski definition) is 2. The quantitative estimate of drug-likeness (QED) is 0.295. The lowest BCUT2D eigenvalue weighted by atomic mass is 9.71. The van der Waals surface area contributed by atoms with Gasteiger partial charge in [0.15, 0.2) is 0 Å². The van der Waals surface area contributed by atoms with Crippen LogP contribution in [0.3, 0.4) is 0 Å². The summed E-state index contributed by atoms with van der Waals surface area (Å²) in [6.07, 6.45) is 23.2. The molecule has 2 nitrogen and oxygen atoms in total. The molecule has 0 spiro atoms. The van der Waals surface area contributed by atoms with E-state index in [1.165, 1.54) is 109 Å². The van der Waals surface area contributed by atoms with Crippen LogP contribution in [0.5, 0.6) is 0 Å². The number of aliphatic hydroxyl groups excluding tert-OH is 2. The van der Waals surface area contributed by atoms with Gasteiger partial charge >= 0.3 is 0 Å². The van der Waals surface area contributed by atoms with Crippen LogP contribution >= 0.6 is 0 Å². The summed E-state index contributed by atoms with van der Waals surface area (Å²) in [4.78, 5) is 0. The Hall–Kier alpha value is -0.0800. The minimum absolute atomic E-state index is 0.0221. The van der Waals surface area contributed by atoms with Gasteiger partial charge in [0.25, 0.3) is 0 Å². The smallest absolute Gasteiger partial charge is 0.0596 e. The molecule has 0 amide bonds. The Morgan fingerprint density at radius 3 is 2.03 bits per heavy atom. The van der Waals surface area contributed by atoms with E-state index < -0.39 is 0 Å². The van der Waals surface area contributed by atoms with Crippen molar-refractivity contribution in [3.63, 3.8) is 0 Å². The first-order valence-corrected chi connectivity index (χ1v) is 15.7. The molecule has 0 bridgehead atoms. The van der Waals surface area contributed by atoms with Gasteiger partial charge in [-0.2, -0.15) is 0 Å². The van der Waals surface area contributed by atoms with Crippen molar-refractivity contribution < 1.29 is 10.2 Å². The molecule has 3 rings (SSSR count). The SMILES string of the molecule is CC1CCC(C(O)CC(CC[C@H](C)CCC2CCC[C@@H](C(O)C3CCCCC3)C2)C(C)C)CC1. The lowest BCUT2D eigenvalue weighted by molar-refractivity contribution is 0.00749. The fourth-order valence-electron chi connectivity index (χ4n) is 7.83. The summed E-state index contributed by atoms with van der Waals surface area (Å²) in [6.45, 7) is 9.57. The second kappa shape index (κ2) is 14.6. The van der Waals surface area contributed by atoms with E-state index in [4.69, 9.17) is 0 Å². The second-order valence-electron chi connectivity index (χ2n) is 13.8. The largest absolute Gasteiger partial charge is 0.393 e. The van der Waals surface area contributed by atoms with Crippen LogP contribution in [0.2, 0.25) is 0 Å². The summed E-state index contributed by atoms with van der Waals surface area (Å²) in [7, 11) is 0. The second-order valence-corrected chi connectivity index (χ2v) is 13.8. The average Bonchev–Trinajstić information content (AvgIpc) is 2.85. The van der Waals surface area contributed by atoms with Crippen LogP contribution in [0.4, 0.5) is 0 Å². The van der Waals surface area contributed by atoms with Gasteiger partial charge < -0.3 is 10.2 Å². The molecule has 0 aliphatic heterocycles. The minimum Gasteiger partial charge on any atom is -0.393 e. The molecular formula is C32H60O2. The zero-order chi connectivity index (χ0) is 24.5. The summed E-state index contributed by atoms with van der Waals surface area (Å²) in [6, 6.07) is 0. The van der Waals surface area contributed by atoms with Crippen LogP contribution in [0, 0.1) is 47.3 Å². The number of hydrogen-bond acceptors (Lipinski definition) is 2. The van der Waals surface area contributed by atoms with Gasteiger partial charge in [-0.1, -0.05) is 91.9 Å². The molecule has 2 N–H and O–H groups in total. The molecule has 3 aliphatic rings. The topological polar surface area (TPSA) is 40.5 Å². The molecule has 6 atom stereocenters. The highest BCUT2D eigenvalue weighted by Crippen LogP contribution is 2.40. The van der Waals surface area contributed by atoms with Crippen LogP contribution < -0.4 is 0 Å². The maximum atomic E-state index is 11.0. The molecule has 0 heterocycles. The molecule has 3 saturated carbocycles. The zero-order valence-corrected chi connectivity index (χ0v) is 23.4. The van der Waals surface area contributed by atoms with E-state index >= 15 is 0 Å². The van der Waals surface area contributed by atoms with Crippen molar-refractivity contribution in [3.8, 4) is 0 Å². The Morgan fingerprint density at radius 1 is 0.676 bits per heavy atom. The maximum absolute atomic E-state index is 11.0. The Morgan fingerprint density at radius 2 is 1.35 bits per heavy atom. The predicted octanol–water partition coefficient (Wildman–Crippen LogP) is 8.78. The van der Waals surface area contributed by atoms with Crippen LogP contribution in [-0.4, -0.2) is 22.4 Å². The summed E-state index contributed by atoms with van der Waals surface area (Å²) in [5, 5.41) is 22.0. The minimum atomic E-state index is -0.0787. The molecule has 4 unspecified atom stereocenters. The fraction of sp³-hybridized carbons (Fsp3) is 1.00. The first-order valence-electron chi connectivity index (χ1n) is 15.7. The Labute approximate surface area is 213 Å². The van der Waals surface area contributed by atoms with Crippen molar-refractivity contribution >= 4 is 0 Å². The van der Waals surface area contributed by atoms with Crippen LogP contribution in [0.25, 0.3) is 0 Å². The van der Waals surface area contributed by atoms with Gasteiger partial charge in [-0.3, -0.25) is 0 Å². The van der Waals surface area contributed by atoms with E-state index in [9.17, 15) is 10.2 Å². The van der Waals surface area contributed by atoms with E-state index in [1.54, 1.807) is 0 Å². The first kappa shape index (κ1) is 28.5. The molecule has 2 heteroatoms. The molecule has 200 valence electrons. The number of aliphatic hydroxyl groups is 2. The molecule has 3 aliphatic carbocycles. The monoisotopic (exact) mass is 476 g/mol. The number of rotatable bonds is 12. The van der Waals surface area contributed by atoms with Crippen LogP contribution in [-0.2, 0) is 0 Å². The lowest BCUT2D eigenvalue weighted by Gasteiger charge is -2.37. The zero-order valence-electron chi connectivity index (χ0n) is 23.4. The van der Waals surface area contributed by atoms with Gasteiger partial charge in [-0.05, 0) is 98.7 Å². The van der Waals surface area contributed by atoms with Gasteiger partial charge in [0, 0.05) is 0 Å². The lowest BCUT2D eigenvalue weighted by Crippen LogP contribution is -2.34. The highest BCUT2D eigenvalue weighted by molar-refractivity contribution is 4.84. The Balaban J connectivity index is 1.36. The van der Waals surface area contributed by atoms with Crippen molar-refractivity contribution in [1.82, 2.24) is 0 Å². The van der Waals surface area contributed by atoms with Gasteiger partial charge in [0.05, 0.1) is 12.2 Å². The average molecular weight is 477 g/mol.